The molecule has 4 aliphatic rings. The molecule has 0 bridgehead atoms. The van der Waals surface area contributed by atoms with Gasteiger partial charge < -0.3 is 21.3 Å². The van der Waals surface area contributed by atoms with Gasteiger partial charge in [0, 0.05) is 65.4 Å². The van der Waals surface area contributed by atoms with Crippen LogP contribution in [0, 0.1) is 0 Å². The zero-order valence-electron chi connectivity index (χ0n) is 21.3. The van der Waals surface area contributed by atoms with E-state index in [1.807, 2.05) is 9.80 Å². The second kappa shape index (κ2) is 13.3. The predicted octanol–water partition coefficient (Wildman–Crippen LogP) is -2.99. The Morgan fingerprint density at radius 2 is 0.944 bits per heavy atom. The molecule has 4 fully saturated rings. The Hall–Kier alpha value is -2.28. The van der Waals surface area contributed by atoms with Crippen molar-refractivity contribution in [2.75, 3.05) is 91.6 Å². The summed E-state index contributed by atoms with van der Waals surface area (Å²) in [6.07, 6.45) is 3.47. The molecule has 0 saturated carbocycles. The van der Waals surface area contributed by atoms with Crippen LogP contribution in [0.25, 0.3) is 0 Å². The van der Waals surface area contributed by atoms with Crippen LogP contribution in [0.5, 0.6) is 0 Å². The van der Waals surface area contributed by atoms with Gasteiger partial charge in [-0.05, 0) is 38.8 Å². The molecule has 12 heteroatoms. The molecule has 4 N–H and O–H groups in total. The van der Waals surface area contributed by atoms with Gasteiger partial charge in [0.05, 0.1) is 25.2 Å². The van der Waals surface area contributed by atoms with Crippen LogP contribution < -0.4 is 21.3 Å². The molecule has 0 aromatic heterocycles. The lowest BCUT2D eigenvalue weighted by Crippen LogP contribution is -2.52. The third-order valence-corrected chi connectivity index (χ3v) is 7.71. The first-order valence-corrected chi connectivity index (χ1v) is 13.5. The standard InChI is InChI=1S/C24H42N8O4/c33-21-17-31-9-1-3-19(31)23(35)27-7-13-29(11-5-25-21)15-16-30-12-6-26-22(34)18-32-10-2-4-20(32)24(36)28-8-14-30/h19-20H,1-18H2,(H,25,33)(H,26,34)(H,27,35)(H,28,36)/t19-,20-/m0/s1. The van der Waals surface area contributed by atoms with E-state index in [1.54, 1.807) is 0 Å². The Kier molecular flexibility index (Phi) is 9.90. The van der Waals surface area contributed by atoms with E-state index in [0.717, 1.165) is 51.9 Å². The summed E-state index contributed by atoms with van der Waals surface area (Å²) < 4.78 is 0. The SMILES string of the molecule is O=C1CN2CCC[C@H]2C(=O)NCCN(CCN2CCNC(=O)CN3CCC[C@H]3C(=O)NCC2)CCN1. The third kappa shape index (κ3) is 7.61. The number of fused-ring (bicyclic) bond motifs is 2. The number of carbonyl (C=O) groups is 4. The van der Waals surface area contributed by atoms with E-state index in [4.69, 9.17) is 0 Å². The van der Waals surface area contributed by atoms with Gasteiger partial charge in [-0.3, -0.25) is 38.8 Å². The smallest absolute Gasteiger partial charge is 0.237 e. The molecule has 4 saturated heterocycles. The first-order valence-electron chi connectivity index (χ1n) is 13.5. The van der Waals surface area contributed by atoms with Gasteiger partial charge in [0.1, 0.15) is 0 Å². The molecule has 4 amide bonds. The first kappa shape index (κ1) is 26.8. The molecule has 2 atom stereocenters. The summed E-state index contributed by atoms with van der Waals surface area (Å²) in [5, 5.41) is 12.1. The minimum absolute atomic E-state index is 0.0104. The van der Waals surface area contributed by atoms with Crippen molar-refractivity contribution in [2.45, 2.75) is 37.8 Å². The van der Waals surface area contributed by atoms with Crippen LogP contribution in [0.15, 0.2) is 0 Å². The average molecular weight is 507 g/mol. The summed E-state index contributed by atoms with van der Waals surface area (Å²) in [5.41, 5.74) is 0. The van der Waals surface area contributed by atoms with Gasteiger partial charge in [-0.25, -0.2) is 0 Å². The van der Waals surface area contributed by atoms with Crippen molar-refractivity contribution in [3.8, 4) is 0 Å². The van der Waals surface area contributed by atoms with Gasteiger partial charge in [-0.2, -0.15) is 0 Å². The number of nitrogens with zero attached hydrogens (tertiary/aromatic N) is 4. The van der Waals surface area contributed by atoms with Crippen molar-refractivity contribution in [1.29, 1.82) is 0 Å². The molecule has 0 aromatic rings. The maximum absolute atomic E-state index is 12.7. The van der Waals surface area contributed by atoms with E-state index in [-0.39, 0.29) is 48.8 Å². The van der Waals surface area contributed by atoms with Crippen molar-refractivity contribution >= 4 is 23.6 Å². The fourth-order valence-electron chi connectivity index (χ4n) is 5.68. The summed E-state index contributed by atoms with van der Waals surface area (Å²) in [6, 6.07) is -0.430. The largest absolute Gasteiger partial charge is 0.354 e. The minimum atomic E-state index is -0.215. The number of amides is 4. The van der Waals surface area contributed by atoms with Crippen molar-refractivity contribution in [3.05, 3.63) is 0 Å². The normalized spacial score (nSPS) is 29.3. The molecule has 4 heterocycles. The molecule has 4 rings (SSSR count). The lowest BCUT2D eigenvalue weighted by atomic mass is 10.2. The van der Waals surface area contributed by atoms with Crippen molar-refractivity contribution in [2.24, 2.45) is 0 Å². The van der Waals surface area contributed by atoms with Crippen molar-refractivity contribution in [3.63, 3.8) is 0 Å². The second-order valence-electron chi connectivity index (χ2n) is 10.2. The fourth-order valence-corrected chi connectivity index (χ4v) is 5.68. The van der Waals surface area contributed by atoms with Crippen LogP contribution in [0.4, 0.5) is 0 Å². The quantitative estimate of drug-likeness (QED) is 0.319. The number of carbonyl (C=O) groups excluding carboxylic acids is 4. The molecule has 12 nitrogen and oxygen atoms in total. The van der Waals surface area contributed by atoms with Crippen LogP contribution in [-0.2, 0) is 19.2 Å². The van der Waals surface area contributed by atoms with E-state index in [1.165, 1.54) is 0 Å². The molecular formula is C24H42N8O4. The Bertz CT molecular complexity index is 732. The van der Waals surface area contributed by atoms with Crippen LogP contribution in [0.2, 0.25) is 0 Å². The molecule has 0 spiro atoms. The van der Waals surface area contributed by atoms with E-state index in [9.17, 15) is 19.2 Å². The zero-order chi connectivity index (χ0) is 25.3. The zero-order valence-corrected chi connectivity index (χ0v) is 21.3. The van der Waals surface area contributed by atoms with Crippen molar-refractivity contribution in [1.82, 2.24) is 40.9 Å². The predicted molar refractivity (Wildman–Crippen MR) is 134 cm³/mol. The number of hydrogen-bond acceptors (Lipinski definition) is 8. The molecule has 0 radical (unpaired) electrons. The Labute approximate surface area is 213 Å². The first-order chi connectivity index (χ1) is 17.5. The highest BCUT2D eigenvalue weighted by Gasteiger charge is 2.33. The van der Waals surface area contributed by atoms with E-state index in [2.05, 4.69) is 31.1 Å². The summed E-state index contributed by atoms with van der Waals surface area (Å²) in [5.74, 6) is -0.0522. The lowest BCUT2D eigenvalue weighted by molar-refractivity contribution is -0.129. The van der Waals surface area contributed by atoms with Gasteiger partial charge >= 0.3 is 0 Å². The highest BCUT2D eigenvalue weighted by Crippen LogP contribution is 2.17. The van der Waals surface area contributed by atoms with Crippen LogP contribution in [0.3, 0.4) is 0 Å². The Morgan fingerprint density at radius 1 is 0.556 bits per heavy atom. The summed E-state index contributed by atoms with van der Waals surface area (Å²) >= 11 is 0. The van der Waals surface area contributed by atoms with Gasteiger partial charge in [-0.1, -0.05) is 0 Å². The molecule has 4 aliphatic heterocycles. The molecule has 0 aliphatic carbocycles. The molecular weight excluding hydrogens is 464 g/mol. The van der Waals surface area contributed by atoms with E-state index in [0.29, 0.717) is 52.4 Å². The number of rotatable bonds is 3. The minimum Gasteiger partial charge on any atom is -0.354 e. The summed E-state index contributed by atoms with van der Waals surface area (Å²) in [4.78, 5) is 58.5. The van der Waals surface area contributed by atoms with E-state index < -0.39 is 0 Å². The molecule has 36 heavy (non-hydrogen) atoms. The maximum atomic E-state index is 12.7. The molecule has 0 aromatic carbocycles. The van der Waals surface area contributed by atoms with Gasteiger partial charge in [0.15, 0.2) is 0 Å². The molecule has 0 unspecified atom stereocenters. The van der Waals surface area contributed by atoms with Gasteiger partial charge in [0.2, 0.25) is 23.6 Å². The summed E-state index contributed by atoms with van der Waals surface area (Å²) in [7, 11) is 0. The van der Waals surface area contributed by atoms with Crippen LogP contribution in [-0.4, -0.2) is 147 Å². The highest BCUT2D eigenvalue weighted by molar-refractivity contribution is 5.84. The van der Waals surface area contributed by atoms with Gasteiger partial charge in [-0.15, -0.1) is 0 Å². The second-order valence-corrected chi connectivity index (χ2v) is 10.2. The Balaban J connectivity index is 1.28. The third-order valence-electron chi connectivity index (χ3n) is 7.71. The van der Waals surface area contributed by atoms with Gasteiger partial charge in [0.25, 0.3) is 0 Å². The van der Waals surface area contributed by atoms with Crippen LogP contribution in [0.1, 0.15) is 25.7 Å². The average Bonchev–Trinajstić information content (AvgIpc) is 3.49. The number of nitrogens with one attached hydrogen (secondary N) is 4. The van der Waals surface area contributed by atoms with Crippen LogP contribution >= 0.6 is 0 Å². The monoisotopic (exact) mass is 506 g/mol. The highest BCUT2D eigenvalue weighted by atomic mass is 16.2. The Morgan fingerprint density at radius 3 is 1.36 bits per heavy atom. The van der Waals surface area contributed by atoms with E-state index >= 15 is 0 Å². The molecule has 202 valence electrons. The maximum Gasteiger partial charge on any atom is 0.237 e. The lowest BCUT2D eigenvalue weighted by Gasteiger charge is -2.30. The topological polar surface area (TPSA) is 129 Å². The fraction of sp³-hybridized carbons (Fsp3) is 0.833. The summed E-state index contributed by atoms with van der Waals surface area (Å²) in [6.45, 7) is 8.70. The van der Waals surface area contributed by atoms with Crippen molar-refractivity contribution < 1.29 is 19.2 Å². The number of hydrogen-bond donors (Lipinski definition) is 4.